The second kappa shape index (κ2) is 5.47. The highest BCUT2D eigenvalue weighted by molar-refractivity contribution is 6.18. The number of hydrogen-bond acceptors (Lipinski definition) is 2. The molecule has 15 heavy (non-hydrogen) atoms. The average molecular weight is 225 g/mol. The molecule has 3 heteroatoms. The van der Waals surface area contributed by atoms with Gasteiger partial charge in [-0.25, -0.2) is 0 Å². The van der Waals surface area contributed by atoms with E-state index in [-0.39, 0.29) is 0 Å². The summed E-state index contributed by atoms with van der Waals surface area (Å²) in [5, 5.41) is 0. The van der Waals surface area contributed by atoms with Crippen LogP contribution in [0, 0.1) is 0 Å². The Morgan fingerprint density at radius 2 is 2.07 bits per heavy atom. The quantitative estimate of drug-likeness (QED) is 0.715. The fourth-order valence-electron chi connectivity index (χ4n) is 1.97. The third-order valence-electron chi connectivity index (χ3n) is 3.10. The Bertz CT molecular complexity index is 285. The third-order valence-corrected chi connectivity index (χ3v) is 3.27. The maximum absolute atomic E-state index is 5.83. The summed E-state index contributed by atoms with van der Waals surface area (Å²) < 4.78 is 0. The molecule has 0 spiro atoms. The van der Waals surface area contributed by atoms with E-state index in [2.05, 4.69) is 22.0 Å². The van der Waals surface area contributed by atoms with Crippen molar-refractivity contribution >= 4 is 11.6 Å². The first-order chi connectivity index (χ1) is 7.40. The van der Waals surface area contributed by atoms with Gasteiger partial charge in [-0.3, -0.25) is 9.88 Å². The molecule has 1 aliphatic rings. The number of rotatable bonds is 5. The summed E-state index contributed by atoms with van der Waals surface area (Å²) in [7, 11) is 0. The molecule has 0 aromatic carbocycles. The van der Waals surface area contributed by atoms with E-state index >= 15 is 0 Å². The van der Waals surface area contributed by atoms with Gasteiger partial charge in [0.25, 0.3) is 0 Å². The lowest BCUT2D eigenvalue weighted by atomic mass is 9.91. The number of pyridine rings is 1. The van der Waals surface area contributed by atoms with Crippen molar-refractivity contribution in [2.75, 3.05) is 12.4 Å². The molecule has 0 atom stereocenters. The van der Waals surface area contributed by atoms with Gasteiger partial charge in [0.05, 0.1) is 0 Å². The van der Waals surface area contributed by atoms with Gasteiger partial charge < -0.3 is 0 Å². The molecule has 1 fully saturated rings. The van der Waals surface area contributed by atoms with Crippen LogP contribution in [0.15, 0.2) is 24.5 Å². The molecular formula is C12H17ClN2. The smallest absolute Gasteiger partial charge is 0.0351 e. The first kappa shape index (κ1) is 10.9. The summed E-state index contributed by atoms with van der Waals surface area (Å²) in [6.07, 6.45) is 7.76. The molecule has 1 aliphatic carbocycles. The van der Waals surface area contributed by atoms with Crippen LogP contribution in [-0.4, -0.2) is 28.4 Å². The van der Waals surface area contributed by atoms with Crippen molar-refractivity contribution in [1.82, 2.24) is 9.88 Å². The van der Waals surface area contributed by atoms with Crippen LogP contribution < -0.4 is 0 Å². The molecule has 1 aromatic rings. The summed E-state index contributed by atoms with van der Waals surface area (Å²) in [5.74, 6) is 0.724. The van der Waals surface area contributed by atoms with Gasteiger partial charge in [0.15, 0.2) is 0 Å². The molecular weight excluding hydrogens is 208 g/mol. The van der Waals surface area contributed by atoms with Crippen LogP contribution in [0.5, 0.6) is 0 Å². The number of alkyl halides is 1. The minimum atomic E-state index is 0.724. The van der Waals surface area contributed by atoms with E-state index in [1.54, 1.807) is 0 Å². The maximum atomic E-state index is 5.83. The van der Waals surface area contributed by atoms with Crippen molar-refractivity contribution < 1.29 is 0 Å². The van der Waals surface area contributed by atoms with E-state index in [1.165, 1.54) is 24.8 Å². The van der Waals surface area contributed by atoms with Crippen molar-refractivity contribution in [3.8, 4) is 0 Å². The molecule has 1 saturated carbocycles. The zero-order chi connectivity index (χ0) is 10.5. The molecule has 0 bridgehead atoms. The first-order valence-corrected chi connectivity index (χ1v) is 6.12. The highest BCUT2D eigenvalue weighted by Gasteiger charge is 2.24. The number of aromatic nitrogens is 1. The summed E-state index contributed by atoms with van der Waals surface area (Å²) in [5.41, 5.74) is 1.34. The van der Waals surface area contributed by atoms with Crippen LogP contribution >= 0.6 is 11.6 Å². The lowest BCUT2D eigenvalue weighted by Crippen LogP contribution is -2.40. The van der Waals surface area contributed by atoms with Gasteiger partial charge in [-0.15, -0.1) is 11.6 Å². The van der Waals surface area contributed by atoms with Gasteiger partial charge in [0, 0.05) is 37.4 Å². The highest BCUT2D eigenvalue weighted by Crippen LogP contribution is 2.25. The molecule has 0 radical (unpaired) electrons. The molecule has 2 nitrogen and oxygen atoms in total. The van der Waals surface area contributed by atoms with Crippen molar-refractivity contribution in [3.63, 3.8) is 0 Å². The van der Waals surface area contributed by atoms with Gasteiger partial charge in [-0.05, 0) is 30.5 Å². The summed E-state index contributed by atoms with van der Waals surface area (Å²) in [6, 6.07) is 4.93. The van der Waals surface area contributed by atoms with Crippen molar-refractivity contribution in [2.24, 2.45) is 0 Å². The summed E-state index contributed by atoms with van der Waals surface area (Å²) >= 11 is 5.83. The van der Waals surface area contributed by atoms with Crippen LogP contribution in [0.3, 0.4) is 0 Å². The number of nitrogens with zero attached hydrogens (tertiary/aromatic N) is 2. The normalized spacial score (nSPS) is 16.7. The Hall–Kier alpha value is -0.600. The third kappa shape index (κ3) is 2.93. The van der Waals surface area contributed by atoms with Gasteiger partial charge in [-0.1, -0.05) is 6.42 Å². The van der Waals surface area contributed by atoms with E-state index in [0.717, 1.165) is 25.0 Å². The lowest BCUT2D eigenvalue weighted by molar-refractivity contribution is 0.127. The van der Waals surface area contributed by atoms with Gasteiger partial charge in [0.1, 0.15) is 0 Å². The predicted octanol–water partition coefficient (Wildman–Crippen LogP) is 2.67. The van der Waals surface area contributed by atoms with E-state index in [0.29, 0.717) is 0 Å². The van der Waals surface area contributed by atoms with E-state index in [4.69, 9.17) is 11.6 Å². The van der Waals surface area contributed by atoms with Crippen LogP contribution in [-0.2, 0) is 6.54 Å². The van der Waals surface area contributed by atoms with Gasteiger partial charge in [0.2, 0.25) is 0 Å². The van der Waals surface area contributed by atoms with Gasteiger partial charge >= 0.3 is 0 Å². The fraction of sp³-hybridized carbons (Fsp3) is 0.583. The molecule has 0 amide bonds. The topological polar surface area (TPSA) is 16.1 Å². The van der Waals surface area contributed by atoms with Crippen molar-refractivity contribution in [1.29, 1.82) is 0 Å². The molecule has 0 N–H and O–H groups in total. The van der Waals surface area contributed by atoms with Crippen LogP contribution in [0.2, 0.25) is 0 Å². The summed E-state index contributed by atoms with van der Waals surface area (Å²) in [6.45, 7) is 2.01. The number of hydrogen-bond donors (Lipinski definition) is 0. The zero-order valence-corrected chi connectivity index (χ0v) is 9.66. The average Bonchev–Trinajstić information content (AvgIpc) is 2.17. The van der Waals surface area contributed by atoms with E-state index in [9.17, 15) is 0 Å². The second-order valence-corrected chi connectivity index (χ2v) is 4.48. The largest absolute Gasteiger partial charge is 0.295 e. The molecule has 2 rings (SSSR count). The monoisotopic (exact) mass is 224 g/mol. The molecule has 1 aromatic heterocycles. The minimum Gasteiger partial charge on any atom is -0.295 e. The Morgan fingerprint density at radius 3 is 2.60 bits per heavy atom. The molecule has 0 saturated heterocycles. The summed E-state index contributed by atoms with van der Waals surface area (Å²) in [4.78, 5) is 6.52. The molecule has 82 valence electrons. The van der Waals surface area contributed by atoms with Crippen LogP contribution in [0.25, 0.3) is 0 Å². The first-order valence-electron chi connectivity index (χ1n) is 5.59. The van der Waals surface area contributed by atoms with Gasteiger partial charge in [-0.2, -0.15) is 0 Å². The number of halogens is 1. The Morgan fingerprint density at radius 1 is 1.33 bits per heavy atom. The highest BCUT2D eigenvalue weighted by atomic mass is 35.5. The molecule has 0 unspecified atom stereocenters. The van der Waals surface area contributed by atoms with Crippen molar-refractivity contribution in [3.05, 3.63) is 30.1 Å². The SMILES string of the molecule is ClCCN(Cc1ccncc1)C1CCC1. The Balaban J connectivity index is 1.93. The zero-order valence-electron chi connectivity index (χ0n) is 8.90. The van der Waals surface area contributed by atoms with Crippen LogP contribution in [0.4, 0.5) is 0 Å². The fourth-order valence-corrected chi connectivity index (χ4v) is 2.19. The molecule has 0 aliphatic heterocycles. The lowest BCUT2D eigenvalue weighted by Gasteiger charge is -2.37. The predicted molar refractivity (Wildman–Crippen MR) is 63.0 cm³/mol. The van der Waals surface area contributed by atoms with Crippen LogP contribution in [0.1, 0.15) is 24.8 Å². The molecule has 1 heterocycles. The Labute approximate surface area is 96.3 Å². The maximum Gasteiger partial charge on any atom is 0.0351 e. The van der Waals surface area contributed by atoms with E-state index < -0.39 is 0 Å². The second-order valence-electron chi connectivity index (χ2n) is 4.10. The van der Waals surface area contributed by atoms with E-state index in [1.807, 2.05) is 12.4 Å². The van der Waals surface area contributed by atoms with Crippen molar-refractivity contribution in [2.45, 2.75) is 31.8 Å². The standard InChI is InChI=1S/C12H17ClN2/c13-6-9-15(12-2-1-3-12)10-11-4-7-14-8-5-11/h4-5,7-8,12H,1-3,6,9-10H2. The Kier molecular flexibility index (Phi) is 3.98. The minimum absolute atomic E-state index is 0.724.